The number of aromatic nitrogens is 2. The molecule has 5 rings (SSSR count). The number of aliphatic imine (C=N–C) groups is 1. The Balaban J connectivity index is 1.25. The molecule has 0 unspecified atom stereocenters. The molecule has 39 heavy (non-hydrogen) atoms. The fourth-order valence-electron chi connectivity index (χ4n) is 3.40. The molecule has 0 fully saturated rings. The smallest absolute Gasteiger partial charge is 0.283 e. The van der Waals surface area contributed by atoms with E-state index in [1.54, 1.807) is 30.6 Å². The third kappa shape index (κ3) is 7.30. The molecule has 0 bridgehead atoms. The number of thioether (sulfide) groups is 1. The van der Waals surface area contributed by atoms with Crippen LogP contribution in [0.5, 0.6) is 0 Å². The summed E-state index contributed by atoms with van der Waals surface area (Å²) >= 11 is 7.48. The topological polar surface area (TPSA) is 110 Å². The molecule has 1 N–H and O–H groups in total. The third-order valence-corrected chi connectivity index (χ3v) is 8.91. The molecule has 0 aliphatic rings. The van der Waals surface area contributed by atoms with E-state index in [0.717, 1.165) is 24.7 Å². The lowest BCUT2D eigenvalue weighted by Gasteiger charge is -2.03. The van der Waals surface area contributed by atoms with E-state index in [9.17, 15) is 14.9 Å². The number of rotatable bonds is 9. The van der Waals surface area contributed by atoms with Crippen molar-refractivity contribution in [2.45, 2.75) is 14.3 Å². The summed E-state index contributed by atoms with van der Waals surface area (Å²) in [7, 11) is 0. The number of hydrogen-bond acceptors (Lipinski definition) is 9. The van der Waals surface area contributed by atoms with Gasteiger partial charge in [0.1, 0.15) is 5.03 Å². The molecule has 5 aromatic rings. The lowest BCUT2D eigenvalue weighted by atomic mass is 10.2. The van der Waals surface area contributed by atoms with Crippen molar-refractivity contribution in [3.63, 3.8) is 0 Å². The summed E-state index contributed by atoms with van der Waals surface area (Å²) in [4.78, 5) is 37.4. The number of thiazole rings is 1. The quantitative estimate of drug-likeness (QED) is 0.0756. The minimum Gasteiger partial charge on any atom is -0.325 e. The molecule has 1 amide bonds. The van der Waals surface area contributed by atoms with E-state index in [1.807, 2.05) is 54.6 Å². The Bertz CT molecular complexity index is 1680. The average Bonchev–Trinajstić information content (AvgIpc) is 3.35. The van der Waals surface area contributed by atoms with Crippen molar-refractivity contribution in [3.05, 3.63) is 105 Å². The van der Waals surface area contributed by atoms with Crippen molar-refractivity contribution >= 4 is 90.2 Å². The van der Waals surface area contributed by atoms with Crippen LogP contribution in [0.25, 0.3) is 10.2 Å². The SMILES string of the molecule is O=C(CSc1nc2ccc(N=Cc3ccc(Sc4ccccn4)c([N+](=O)[O-])c3)cc2s1)Nc1ccc(Br)cc1. The number of carbonyl (C=O) groups is 1. The number of carbonyl (C=O) groups excluding carboxylic acids is 1. The highest BCUT2D eigenvalue weighted by molar-refractivity contribution is 9.10. The second-order valence-electron chi connectivity index (χ2n) is 7.99. The van der Waals surface area contributed by atoms with E-state index in [0.29, 0.717) is 21.2 Å². The molecular weight excluding hydrogens is 618 g/mol. The summed E-state index contributed by atoms with van der Waals surface area (Å²) in [6.07, 6.45) is 3.26. The molecule has 0 aliphatic carbocycles. The minimum atomic E-state index is -0.398. The zero-order valence-electron chi connectivity index (χ0n) is 20.0. The molecule has 0 saturated heterocycles. The van der Waals surface area contributed by atoms with Crippen LogP contribution in [-0.4, -0.2) is 32.8 Å². The number of nitrogens with one attached hydrogen (secondary N) is 1. The molecule has 3 aromatic carbocycles. The Kier molecular flexibility index (Phi) is 8.67. The maximum absolute atomic E-state index is 12.3. The summed E-state index contributed by atoms with van der Waals surface area (Å²) in [5.74, 6) is 0.138. The number of benzene rings is 3. The van der Waals surface area contributed by atoms with Gasteiger partial charge in [-0.3, -0.25) is 19.9 Å². The van der Waals surface area contributed by atoms with Gasteiger partial charge in [0.05, 0.1) is 31.5 Å². The van der Waals surface area contributed by atoms with Gasteiger partial charge in [0, 0.05) is 28.6 Å². The predicted octanol–water partition coefficient (Wildman–Crippen LogP) is 7.99. The van der Waals surface area contributed by atoms with Gasteiger partial charge < -0.3 is 5.32 Å². The van der Waals surface area contributed by atoms with Gasteiger partial charge in [-0.2, -0.15) is 0 Å². The highest BCUT2D eigenvalue weighted by Gasteiger charge is 2.16. The van der Waals surface area contributed by atoms with Crippen molar-refractivity contribution < 1.29 is 9.72 Å². The highest BCUT2D eigenvalue weighted by Crippen LogP contribution is 2.35. The zero-order chi connectivity index (χ0) is 27.2. The van der Waals surface area contributed by atoms with E-state index in [-0.39, 0.29) is 17.3 Å². The summed E-state index contributed by atoms with van der Waals surface area (Å²) in [5.41, 5.74) is 2.87. The Morgan fingerprint density at radius 2 is 1.95 bits per heavy atom. The van der Waals surface area contributed by atoms with Gasteiger partial charge >= 0.3 is 0 Å². The lowest BCUT2D eigenvalue weighted by molar-refractivity contribution is -0.387. The standard InChI is InChI=1S/C27H18BrN5O3S3/c28-18-5-7-19(8-6-18)31-25(34)16-37-27-32-21-10-9-20(14-24(21)39-27)30-15-17-4-11-23(22(13-17)33(35)36)38-26-3-1-2-12-29-26/h1-15H,16H2,(H,31,34). The van der Waals surface area contributed by atoms with Gasteiger partial charge in [-0.1, -0.05) is 51.6 Å². The van der Waals surface area contributed by atoms with Crippen molar-refractivity contribution in [2.75, 3.05) is 11.1 Å². The van der Waals surface area contributed by atoms with Crippen LogP contribution in [0.2, 0.25) is 0 Å². The molecule has 2 aromatic heterocycles. The third-order valence-electron chi connectivity index (χ3n) is 5.20. The molecular formula is C27H18BrN5O3S3. The van der Waals surface area contributed by atoms with E-state index < -0.39 is 4.92 Å². The lowest BCUT2D eigenvalue weighted by Crippen LogP contribution is -2.13. The summed E-state index contributed by atoms with van der Waals surface area (Å²) in [5, 5.41) is 15.2. The Hall–Kier alpha value is -3.58. The fraction of sp³-hybridized carbons (Fsp3) is 0.0370. The van der Waals surface area contributed by atoms with Crippen molar-refractivity contribution in [3.8, 4) is 0 Å². The number of hydrogen-bond donors (Lipinski definition) is 1. The first kappa shape index (κ1) is 27.0. The van der Waals surface area contributed by atoms with Crippen molar-refractivity contribution in [2.24, 2.45) is 4.99 Å². The molecule has 0 spiro atoms. The van der Waals surface area contributed by atoms with Crippen LogP contribution in [0.15, 0.2) is 109 Å². The monoisotopic (exact) mass is 635 g/mol. The average molecular weight is 637 g/mol. The van der Waals surface area contributed by atoms with Gasteiger partial charge in [0.25, 0.3) is 5.69 Å². The number of fused-ring (bicyclic) bond motifs is 1. The second kappa shape index (κ2) is 12.5. The predicted molar refractivity (Wildman–Crippen MR) is 162 cm³/mol. The van der Waals surface area contributed by atoms with E-state index in [1.165, 1.54) is 40.9 Å². The molecule has 0 radical (unpaired) electrons. The van der Waals surface area contributed by atoms with Crippen molar-refractivity contribution in [1.29, 1.82) is 0 Å². The number of amides is 1. The molecule has 0 aliphatic heterocycles. The Labute approximate surface area is 244 Å². The Morgan fingerprint density at radius 3 is 2.72 bits per heavy atom. The normalized spacial score (nSPS) is 11.2. The van der Waals surface area contributed by atoms with Gasteiger partial charge in [-0.15, -0.1) is 11.3 Å². The van der Waals surface area contributed by atoms with Crippen LogP contribution in [0.1, 0.15) is 5.56 Å². The molecule has 2 heterocycles. The van der Waals surface area contributed by atoms with Crippen LogP contribution < -0.4 is 5.32 Å². The second-order valence-corrected chi connectivity index (χ2v) is 12.2. The minimum absolute atomic E-state index is 0.00153. The summed E-state index contributed by atoms with van der Waals surface area (Å²) in [6.45, 7) is 0. The summed E-state index contributed by atoms with van der Waals surface area (Å²) in [6, 6.07) is 23.5. The largest absolute Gasteiger partial charge is 0.325 e. The first-order valence-electron chi connectivity index (χ1n) is 11.4. The van der Waals surface area contributed by atoms with E-state index >= 15 is 0 Å². The first-order chi connectivity index (χ1) is 18.9. The van der Waals surface area contributed by atoms with Crippen molar-refractivity contribution in [1.82, 2.24) is 9.97 Å². The number of halogens is 1. The zero-order valence-corrected chi connectivity index (χ0v) is 24.0. The molecule has 8 nitrogen and oxygen atoms in total. The van der Waals surface area contributed by atoms with Gasteiger partial charge in [0.15, 0.2) is 4.34 Å². The molecule has 0 saturated carbocycles. The maximum atomic E-state index is 12.3. The molecule has 12 heteroatoms. The van der Waals surface area contributed by atoms with Gasteiger partial charge in [0.2, 0.25) is 5.91 Å². The highest BCUT2D eigenvalue weighted by atomic mass is 79.9. The van der Waals surface area contributed by atoms with Gasteiger partial charge in [-0.05, 0) is 66.2 Å². The molecule has 0 atom stereocenters. The van der Waals surface area contributed by atoms with Crippen LogP contribution >= 0.6 is 50.8 Å². The van der Waals surface area contributed by atoms with Crippen LogP contribution in [0.4, 0.5) is 17.1 Å². The van der Waals surface area contributed by atoms with Crippen LogP contribution in [0.3, 0.4) is 0 Å². The number of anilines is 1. The fourth-order valence-corrected chi connectivity index (χ4v) is 6.43. The number of nitro benzene ring substituents is 1. The first-order valence-corrected chi connectivity index (χ1v) is 14.8. The maximum Gasteiger partial charge on any atom is 0.283 e. The van der Waals surface area contributed by atoms with E-state index in [4.69, 9.17) is 0 Å². The summed E-state index contributed by atoms with van der Waals surface area (Å²) < 4.78 is 2.67. The number of pyridine rings is 1. The molecule has 194 valence electrons. The van der Waals surface area contributed by atoms with Gasteiger partial charge in [-0.25, -0.2) is 9.97 Å². The van der Waals surface area contributed by atoms with Crippen LogP contribution in [-0.2, 0) is 4.79 Å². The Morgan fingerprint density at radius 1 is 1.10 bits per heavy atom. The van der Waals surface area contributed by atoms with Crippen LogP contribution in [0, 0.1) is 10.1 Å². The number of nitrogens with zero attached hydrogens (tertiary/aromatic N) is 4. The number of nitro groups is 1. The van der Waals surface area contributed by atoms with E-state index in [2.05, 4.69) is 36.2 Å².